The van der Waals surface area contributed by atoms with E-state index in [2.05, 4.69) is 10.4 Å². The molecule has 0 aromatic carbocycles. The second-order valence-corrected chi connectivity index (χ2v) is 5.25. The molecule has 0 aliphatic carbocycles. The van der Waals surface area contributed by atoms with Crippen molar-refractivity contribution in [3.8, 4) is 0 Å². The maximum Gasteiger partial charge on any atom is 0.271 e. The van der Waals surface area contributed by atoms with E-state index in [1.165, 1.54) is 6.20 Å². The number of rotatable bonds is 5. The molecule has 1 aliphatic rings. The molecule has 8 nitrogen and oxygen atoms in total. The molecule has 0 saturated carbocycles. The Morgan fingerprint density at radius 3 is 2.67 bits per heavy atom. The van der Waals surface area contributed by atoms with Gasteiger partial charge in [0.25, 0.3) is 5.91 Å². The first kappa shape index (κ1) is 15.3. The molecule has 1 aliphatic heterocycles. The van der Waals surface area contributed by atoms with E-state index in [4.69, 9.17) is 11.5 Å². The summed E-state index contributed by atoms with van der Waals surface area (Å²) >= 11 is 0. The van der Waals surface area contributed by atoms with Crippen molar-refractivity contribution < 1.29 is 9.59 Å². The Bertz CT molecular complexity index is 519. The molecule has 2 rings (SSSR count). The Labute approximate surface area is 123 Å². The average Bonchev–Trinajstić information content (AvgIpc) is 2.81. The molecular formula is C13H22N6O2. The van der Waals surface area contributed by atoms with Crippen LogP contribution in [-0.2, 0) is 11.3 Å². The molecule has 1 saturated heterocycles. The molecule has 0 unspecified atom stereocenters. The Balaban J connectivity index is 1.90. The zero-order valence-corrected chi connectivity index (χ0v) is 12.2. The second kappa shape index (κ2) is 6.57. The fourth-order valence-corrected chi connectivity index (χ4v) is 2.60. The monoisotopic (exact) mass is 294 g/mol. The third-order valence-electron chi connectivity index (χ3n) is 3.68. The molecule has 116 valence electrons. The van der Waals surface area contributed by atoms with Crippen LogP contribution in [0.1, 0.15) is 30.3 Å². The summed E-state index contributed by atoms with van der Waals surface area (Å²) in [4.78, 5) is 25.2. The van der Waals surface area contributed by atoms with Crippen LogP contribution in [0.25, 0.3) is 0 Å². The highest BCUT2D eigenvalue weighted by atomic mass is 16.2. The average molecular weight is 294 g/mol. The number of hydrogen-bond acceptors (Lipinski definition) is 5. The highest BCUT2D eigenvalue weighted by Crippen LogP contribution is 2.14. The molecular weight excluding hydrogens is 272 g/mol. The van der Waals surface area contributed by atoms with Crippen LogP contribution in [0.5, 0.6) is 0 Å². The first-order valence-electron chi connectivity index (χ1n) is 7.14. The predicted molar refractivity (Wildman–Crippen MR) is 78.4 cm³/mol. The van der Waals surface area contributed by atoms with Crippen LogP contribution in [0.4, 0.5) is 5.69 Å². The van der Waals surface area contributed by atoms with E-state index in [0.29, 0.717) is 17.9 Å². The molecule has 0 atom stereocenters. The number of amides is 2. The standard InChI is InChI=1S/C13H22N6O2/c1-2-19-12(10(14)7-16-19)13(21)17-9-3-5-18(6-4-9)8-11(15)20/h7,9H,2-6,8,14H2,1H3,(H2,15,20)(H,17,21). The van der Waals surface area contributed by atoms with Gasteiger partial charge < -0.3 is 16.8 Å². The third-order valence-corrected chi connectivity index (χ3v) is 3.68. The number of nitrogen functional groups attached to an aromatic ring is 1. The Morgan fingerprint density at radius 1 is 1.43 bits per heavy atom. The molecule has 0 radical (unpaired) electrons. The lowest BCUT2D eigenvalue weighted by molar-refractivity contribution is -0.119. The van der Waals surface area contributed by atoms with Gasteiger partial charge in [-0.3, -0.25) is 19.2 Å². The molecule has 1 fully saturated rings. The fraction of sp³-hybridized carbons (Fsp3) is 0.615. The van der Waals surface area contributed by atoms with Crippen molar-refractivity contribution in [3.05, 3.63) is 11.9 Å². The van der Waals surface area contributed by atoms with E-state index in [0.717, 1.165) is 25.9 Å². The quantitative estimate of drug-likeness (QED) is 0.654. The minimum absolute atomic E-state index is 0.0845. The number of nitrogens with one attached hydrogen (secondary N) is 1. The number of primary amides is 1. The highest BCUT2D eigenvalue weighted by molar-refractivity contribution is 5.97. The number of nitrogens with zero attached hydrogens (tertiary/aromatic N) is 3. The predicted octanol–water partition coefficient (Wildman–Crippen LogP) is -0.835. The number of piperidine rings is 1. The molecule has 0 bridgehead atoms. The lowest BCUT2D eigenvalue weighted by Crippen LogP contribution is -2.47. The molecule has 21 heavy (non-hydrogen) atoms. The van der Waals surface area contributed by atoms with Crippen molar-refractivity contribution in [1.29, 1.82) is 0 Å². The number of hydrogen-bond donors (Lipinski definition) is 3. The number of carbonyl (C=O) groups is 2. The van der Waals surface area contributed by atoms with Gasteiger partial charge in [-0.2, -0.15) is 5.10 Å². The fourth-order valence-electron chi connectivity index (χ4n) is 2.60. The molecule has 2 heterocycles. The summed E-state index contributed by atoms with van der Waals surface area (Å²) in [7, 11) is 0. The lowest BCUT2D eigenvalue weighted by atomic mass is 10.0. The van der Waals surface area contributed by atoms with Crippen LogP contribution < -0.4 is 16.8 Å². The molecule has 8 heteroatoms. The summed E-state index contributed by atoms with van der Waals surface area (Å²) in [6.45, 7) is 4.27. The summed E-state index contributed by atoms with van der Waals surface area (Å²) in [5, 5.41) is 7.05. The van der Waals surface area contributed by atoms with Crippen LogP contribution in [0.15, 0.2) is 6.20 Å². The molecule has 5 N–H and O–H groups in total. The first-order chi connectivity index (χ1) is 10.0. The van der Waals surface area contributed by atoms with Crippen LogP contribution >= 0.6 is 0 Å². The van der Waals surface area contributed by atoms with Gasteiger partial charge in [0.2, 0.25) is 5.91 Å². The number of aryl methyl sites for hydroxylation is 1. The van der Waals surface area contributed by atoms with Gasteiger partial charge in [0, 0.05) is 25.7 Å². The largest absolute Gasteiger partial charge is 0.396 e. The summed E-state index contributed by atoms with van der Waals surface area (Å²) in [6.07, 6.45) is 3.08. The van der Waals surface area contributed by atoms with Gasteiger partial charge in [-0.1, -0.05) is 0 Å². The van der Waals surface area contributed by atoms with E-state index in [1.807, 2.05) is 11.8 Å². The van der Waals surface area contributed by atoms with E-state index in [9.17, 15) is 9.59 Å². The van der Waals surface area contributed by atoms with E-state index >= 15 is 0 Å². The summed E-state index contributed by atoms with van der Waals surface area (Å²) in [5.74, 6) is -0.516. The number of aromatic nitrogens is 2. The minimum Gasteiger partial charge on any atom is -0.396 e. The van der Waals surface area contributed by atoms with Crippen molar-refractivity contribution >= 4 is 17.5 Å². The summed E-state index contributed by atoms with van der Waals surface area (Å²) in [6, 6.07) is 0.0845. The number of likely N-dealkylation sites (tertiary alicyclic amines) is 1. The first-order valence-corrected chi connectivity index (χ1v) is 7.14. The Hall–Kier alpha value is -2.09. The topological polar surface area (TPSA) is 119 Å². The van der Waals surface area contributed by atoms with Gasteiger partial charge in [0.15, 0.2) is 0 Å². The SMILES string of the molecule is CCn1ncc(N)c1C(=O)NC1CCN(CC(N)=O)CC1. The smallest absolute Gasteiger partial charge is 0.271 e. The van der Waals surface area contributed by atoms with Crippen molar-refractivity contribution in [2.45, 2.75) is 32.4 Å². The zero-order valence-electron chi connectivity index (χ0n) is 12.2. The highest BCUT2D eigenvalue weighted by Gasteiger charge is 2.24. The Morgan fingerprint density at radius 2 is 2.10 bits per heavy atom. The Kier molecular flexibility index (Phi) is 4.79. The van der Waals surface area contributed by atoms with Crippen molar-refractivity contribution in [3.63, 3.8) is 0 Å². The normalized spacial score (nSPS) is 16.8. The molecule has 1 aromatic heterocycles. The summed E-state index contributed by atoms with van der Waals surface area (Å²) in [5.41, 5.74) is 11.8. The number of carbonyl (C=O) groups excluding carboxylic acids is 2. The lowest BCUT2D eigenvalue weighted by Gasteiger charge is -2.31. The van der Waals surface area contributed by atoms with Crippen LogP contribution in [-0.4, -0.2) is 52.2 Å². The maximum absolute atomic E-state index is 12.3. The van der Waals surface area contributed by atoms with Crippen LogP contribution in [0.3, 0.4) is 0 Å². The van der Waals surface area contributed by atoms with E-state index in [1.54, 1.807) is 4.68 Å². The van der Waals surface area contributed by atoms with E-state index < -0.39 is 0 Å². The van der Waals surface area contributed by atoms with Gasteiger partial charge in [-0.25, -0.2) is 0 Å². The number of nitrogens with two attached hydrogens (primary N) is 2. The van der Waals surface area contributed by atoms with Crippen LogP contribution in [0.2, 0.25) is 0 Å². The molecule has 0 spiro atoms. The van der Waals surface area contributed by atoms with Gasteiger partial charge in [-0.15, -0.1) is 0 Å². The maximum atomic E-state index is 12.3. The zero-order chi connectivity index (χ0) is 15.4. The molecule has 2 amide bonds. The second-order valence-electron chi connectivity index (χ2n) is 5.25. The van der Waals surface area contributed by atoms with Crippen molar-refractivity contribution in [2.24, 2.45) is 5.73 Å². The van der Waals surface area contributed by atoms with Gasteiger partial charge in [-0.05, 0) is 19.8 Å². The minimum atomic E-state index is -0.322. The summed E-state index contributed by atoms with van der Waals surface area (Å²) < 4.78 is 1.59. The van der Waals surface area contributed by atoms with Crippen molar-refractivity contribution in [2.75, 3.05) is 25.4 Å². The van der Waals surface area contributed by atoms with Gasteiger partial charge >= 0.3 is 0 Å². The van der Waals surface area contributed by atoms with Gasteiger partial charge in [0.1, 0.15) is 5.69 Å². The molecule has 1 aromatic rings. The van der Waals surface area contributed by atoms with Crippen LogP contribution in [0, 0.1) is 0 Å². The number of anilines is 1. The van der Waals surface area contributed by atoms with E-state index in [-0.39, 0.29) is 24.4 Å². The third kappa shape index (κ3) is 3.72. The van der Waals surface area contributed by atoms with Crippen molar-refractivity contribution in [1.82, 2.24) is 20.0 Å². The van der Waals surface area contributed by atoms with Gasteiger partial charge in [0.05, 0.1) is 18.4 Å².